The number of aliphatic carboxylic acids is 1. The predicted octanol–water partition coefficient (Wildman–Crippen LogP) is -10.2. The zero-order valence-corrected chi connectivity index (χ0v) is 17.9. The van der Waals surface area contributed by atoms with Gasteiger partial charge >= 0.3 is 16.8 Å². The van der Waals surface area contributed by atoms with Gasteiger partial charge in [0.05, 0.1) is 5.97 Å². The number of hydrogen-bond acceptors (Lipinski definition) is 7. The Morgan fingerprint density at radius 1 is 1.09 bits per heavy atom. The second kappa shape index (κ2) is 24.4. The third-order valence-corrected chi connectivity index (χ3v) is 2.68. The van der Waals surface area contributed by atoms with E-state index in [0.29, 0.717) is 19.6 Å². The number of nitrogens with two attached hydrogens (primary N) is 3. The van der Waals surface area contributed by atoms with Gasteiger partial charge in [-0.15, -0.1) is 0 Å². The number of carbonyl (C=O) groups excluding carboxylic acids is 1. The van der Waals surface area contributed by atoms with E-state index < -0.39 is 5.97 Å². The van der Waals surface area contributed by atoms with E-state index in [0.717, 1.165) is 39.0 Å². The van der Waals surface area contributed by atoms with Gasteiger partial charge in [0.25, 0.3) is 0 Å². The summed E-state index contributed by atoms with van der Waals surface area (Å²) in [5.41, 5.74) is 16.1. The largest absolute Gasteiger partial charge is 3.00 e. The first-order valence-electron chi connectivity index (χ1n) is 6.42. The number of rotatable bonds is 7. The summed E-state index contributed by atoms with van der Waals surface area (Å²) in [6, 6.07) is -0.380. The van der Waals surface area contributed by atoms with Crippen LogP contribution in [0.1, 0.15) is 12.8 Å². The molecule has 1 aliphatic heterocycles. The van der Waals surface area contributed by atoms with E-state index in [4.69, 9.17) is 17.2 Å². The van der Waals surface area contributed by atoms with E-state index in [1.54, 1.807) is 0 Å². The molecule has 0 bridgehead atoms. The molecule has 1 atom stereocenters. The summed E-state index contributed by atoms with van der Waals surface area (Å²) in [6.45, 7) is 5.55. The number of carboxylic acids is 1. The van der Waals surface area contributed by atoms with Crippen molar-refractivity contribution in [3.05, 3.63) is 0 Å². The molecule has 0 saturated carbocycles. The standard InChI is InChI=1S/C6H18N4.C5H9NO2.Co.2HI.H2O/c7-1-4-10(5-2-8)6-3-9;7-5(8)4-2-1-3-6-4;;;;/h1-9H2;4,6H,1-3H2,(H,7,8);;2*1H;1H2/q;;+3;;;/p-3/t;4-;;;;/m.0..../s1. The Morgan fingerprint density at radius 2 is 1.50 bits per heavy atom. The Hall–Kier alpha value is 1.20. The molecule has 1 aliphatic rings. The number of nitrogens with zero attached hydrogens (tertiary/aromatic N) is 1. The maximum atomic E-state index is 10.0. The van der Waals surface area contributed by atoms with Gasteiger partial charge in [0, 0.05) is 45.3 Å². The van der Waals surface area contributed by atoms with Crippen LogP contribution in [-0.2, 0) is 21.6 Å². The molecule has 0 aliphatic carbocycles. The number of nitrogens with one attached hydrogen (secondary N) is 1. The van der Waals surface area contributed by atoms with Gasteiger partial charge in [-0.3, -0.25) is 4.90 Å². The van der Waals surface area contributed by atoms with E-state index in [1.807, 2.05) is 0 Å². The van der Waals surface area contributed by atoms with Crippen molar-refractivity contribution in [2.45, 2.75) is 18.9 Å². The second-order valence-electron chi connectivity index (χ2n) is 4.18. The summed E-state index contributed by atoms with van der Waals surface area (Å²) in [4.78, 5) is 12.2. The van der Waals surface area contributed by atoms with Crippen LogP contribution in [0.15, 0.2) is 0 Å². The Morgan fingerprint density at radius 3 is 1.68 bits per heavy atom. The fourth-order valence-electron chi connectivity index (χ4n) is 1.77. The fraction of sp³-hybridized carbons (Fsp3) is 0.909. The first-order chi connectivity index (χ1) is 8.65. The van der Waals surface area contributed by atoms with Crippen LogP contribution in [0.5, 0.6) is 0 Å². The molecule has 0 radical (unpaired) electrons. The van der Waals surface area contributed by atoms with Crippen molar-refractivity contribution in [3.63, 3.8) is 0 Å². The van der Waals surface area contributed by atoms with Gasteiger partial charge in [-0.1, -0.05) is 0 Å². The quantitative estimate of drug-likeness (QED) is 0.214. The first kappa shape index (κ1) is 34.5. The summed E-state index contributed by atoms with van der Waals surface area (Å²) < 4.78 is 0. The Labute approximate surface area is 177 Å². The van der Waals surface area contributed by atoms with E-state index in [1.165, 1.54) is 0 Å². The molecule has 0 aromatic carbocycles. The van der Waals surface area contributed by atoms with Gasteiger partial charge in [-0.05, 0) is 19.4 Å². The molecule has 0 aromatic rings. The zero-order chi connectivity index (χ0) is 13.8. The molecular formula is C11H28CoI2N5O3. The summed E-state index contributed by atoms with van der Waals surface area (Å²) in [5.74, 6) is -0.970. The van der Waals surface area contributed by atoms with Crippen LogP contribution in [0.3, 0.4) is 0 Å². The van der Waals surface area contributed by atoms with Crippen molar-refractivity contribution >= 4 is 5.97 Å². The number of carboxylic acid groups (broad SMARTS) is 1. The maximum Gasteiger partial charge on any atom is 3.00 e. The van der Waals surface area contributed by atoms with Gasteiger partial charge in [0.1, 0.15) is 0 Å². The molecule has 0 amide bonds. The molecule has 1 fully saturated rings. The van der Waals surface area contributed by atoms with Crippen molar-refractivity contribution in [1.82, 2.24) is 10.2 Å². The van der Waals surface area contributed by atoms with Crippen LogP contribution in [0.2, 0.25) is 0 Å². The molecule has 0 aromatic heterocycles. The van der Waals surface area contributed by atoms with E-state index in [2.05, 4.69) is 10.2 Å². The van der Waals surface area contributed by atoms with E-state index in [9.17, 15) is 9.90 Å². The van der Waals surface area contributed by atoms with Gasteiger partial charge in [0.2, 0.25) is 0 Å². The van der Waals surface area contributed by atoms with Crippen LogP contribution in [0.25, 0.3) is 0 Å². The molecular weight excluding hydrogens is 563 g/mol. The average molecular weight is 591 g/mol. The minimum atomic E-state index is -0.970. The number of hydrogen-bond donors (Lipinski definition) is 4. The maximum absolute atomic E-state index is 10.0. The van der Waals surface area contributed by atoms with Crippen molar-refractivity contribution in [2.75, 3.05) is 45.8 Å². The van der Waals surface area contributed by atoms with Gasteiger partial charge in [0.15, 0.2) is 0 Å². The average Bonchev–Trinajstić information content (AvgIpc) is 2.84. The number of halogens is 2. The molecule has 1 heterocycles. The summed E-state index contributed by atoms with van der Waals surface area (Å²) in [5, 5.41) is 12.8. The van der Waals surface area contributed by atoms with Gasteiger partial charge < -0.3 is 85.8 Å². The Kier molecular flexibility index (Phi) is 38.4. The molecule has 11 heteroatoms. The van der Waals surface area contributed by atoms with Crippen molar-refractivity contribution in [2.24, 2.45) is 17.2 Å². The van der Waals surface area contributed by atoms with Gasteiger partial charge in [-0.25, -0.2) is 0 Å². The van der Waals surface area contributed by atoms with Crippen molar-refractivity contribution in [3.8, 4) is 0 Å². The predicted molar refractivity (Wildman–Crippen MR) is 73.2 cm³/mol. The molecule has 0 unspecified atom stereocenters. The van der Waals surface area contributed by atoms with Gasteiger partial charge in [-0.2, -0.15) is 0 Å². The van der Waals surface area contributed by atoms with Crippen LogP contribution >= 0.6 is 0 Å². The van der Waals surface area contributed by atoms with Crippen LogP contribution < -0.4 is 75.6 Å². The Bertz CT molecular complexity index is 214. The first-order valence-corrected chi connectivity index (χ1v) is 6.42. The SMILES string of the molecule is NCCN(CCN)CCN.O.O=C([O-])[C@@H]1CCCN1.[Co+3].[I-].[I-]. The minimum Gasteiger partial charge on any atom is -1.00 e. The molecule has 1 rings (SSSR count). The summed E-state index contributed by atoms with van der Waals surface area (Å²) >= 11 is 0. The van der Waals surface area contributed by atoms with E-state index in [-0.39, 0.29) is 76.3 Å². The smallest absolute Gasteiger partial charge is 1.00 e. The van der Waals surface area contributed by atoms with E-state index >= 15 is 0 Å². The van der Waals surface area contributed by atoms with Crippen molar-refractivity contribution < 1.29 is 80.1 Å². The second-order valence-corrected chi connectivity index (χ2v) is 4.18. The topological polar surface area (TPSA) is 165 Å². The van der Waals surface area contributed by atoms with Crippen LogP contribution in [0.4, 0.5) is 0 Å². The molecule has 9 N–H and O–H groups in total. The Balaban J connectivity index is -0.0000000749. The molecule has 138 valence electrons. The summed E-state index contributed by atoms with van der Waals surface area (Å²) in [6.07, 6.45) is 1.68. The molecule has 22 heavy (non-hydrogen) atoms. The third-order valence-electron chi connectivity index (χ3n) is 2.68. The van der Waals surface area contributed by atoms with Crippen LogP contribution in [0, 0.1) is 0 Å². The monoisotopic (exact) mass is 591 g/mol. The third kappa shape index (κ3) is 19.2. The molecule has 0 spiro atoms. The zero-order valence-electron chi connectivity index (χ0n) is 12.5. The number of carbonyl (C=O) groups is 1. The minimum absolute atomic E-state index is 0. The van der Waals surface area contributed by atoms with Crippen molar-refractivity contribution in [1.29, 1.82) is 0 Å². The summed E-state index contributed by atoms with van der Waals surface area (Å²) in [7, 11) is 0. The fourth-order valence-corrected chi connectivity index (χ4v) is 1.77. The molecule has 8 nitrogen and oxygen atoms in total. The normalized spacial score (nSPS) is 15.2. The molecule has 1 saturated heterocycles. The van der Waals surface area contributed by atoms with Crippen LogP contribution in [-0.4, -0.2) is 68.2 Å².